The summed E-state index contributed by atoms with van der Waals surface area (Å²) in [5, 5.41) is 3.28. The predicted molar refractivity (Wildman–Crippen MR) is 64.4 cm³/mol. The highest BCUT2D eigenvalue weighted by Crippen LogP contribution is 2.19. The molecule has 1 saturated heterocycles. The van der Waals surface area contributed by atoms with Crippen molar-refractivity contribution < 1.29 is 9.53 Å². The van der Waals surface area contributed by atoms with Gasteiger partial charge in [0.15, 0.2) is 0 Å². The number of likely N-dealkylation sites (tertiary alicyclic amines) is 1. The van der Waals surface area contributed by atoms with Gasteiger partial charge in [0.2, 0.25) is 0 Å². The Balaban J connectivity index is 2.48. The molecule has 16 heavy (non-hydrogen) atoms. The van der Waals surface area contributed by atoms with Crippen molar-refractivity contribution in [1.82, 2.24) is 10.2 Å². The molecule has 1 amide bonds. The fraction of sp³-hybridized carbons (Fsp3) is 0.917. The molecular weight excluding hydrogens is 204 g/mol. The Bertz CT molecular complexity index is 248. The maximum absolute atomic E-state index is 11.8. The predicted octanol–water partition coefficient (Wildman–Crippen LogP) is 1.85. The molecule has 0 radical (unpaired) electrons. The molecule has 1 aliphatic rings. The Labute approximate surface area is 98.3 Å². The van der Waals surface area contributed by atoms with Crippen molar-refractivity contribution in [2.45, 2.75) is 45.8 Å². The average Bonchev–Trinajstić information content (AvgIpc) is 2.15. The number of piperidine rings is 1. The lowest BCUT2D eigenvalue weighted by atomic mass is 9.94. The minimum Gasteiger partial charge on any atom is -0.444 e. The zero-order chi connectivity index (χ0) is 12.3. The summed E-state index contributed by atoms with van der Waals surface area (Å²) in [5.41, 5.74) is -0.403. The normalized spacial score (nSPS) is 26.7. The third-order valence-electron chi connectivity index (χ3n) is 2.93. The van der Waals surface area contributed by atoms with Crippen LogP contribution < -0.4 is 5.32 Å². The summed E-state index contributed by atoms with van der Waals surface area (Å²) in [4.78, 5) is 13.6. The van der Waals surface area contributed by atoms with Crippen molar-refractivity contribution in [2.75, 3.05) is 20.1 Å². The molecule has 0 bridgehead atoms. The van der Waals surface area contributed by atoms with Gasteiger partial charge >= 0.3 is 6.09 Å². The van der Waals surface area contributed by atoms with E-state index in [-0.39, 0.29) is 6.09 Å². The first-order valence-electron chi connectivity index (χ1n) is 5.98. The van der Waals surface area contributed by atoms with Crippen LogP contribution in [0.25, 0.3) is 0 Å². The van der Waals surface area contributed by atoms with Crippen LogP contribution in [0.1, 0.15) is 34.1 Å². The Hall–Kier alpha value is -0.770. The average molecular weight is 228 g/mol. The van der Waals surface area contributed by atoms with Crippen molar-refractivity contribution in [3.63, 3.8) is 0 Å². The Morgan fingerprint density at radius 1 is 1.44 bits per heavy atom. The van der Waals surface area contributed by atoms with Crippen LogP contribution in [0.15, 0.2) is 0 Å². The van der Waals surface area contributed by atoms with E-state index < -0.39 is 5.60 Å². The number of ether oxygens (including phenoxy) is 1. The second kappa shape index (κ2) is 5.04. The van der Waals surface area contributed by atoms with Crippen molar-refractivity contribution in [3.05, 3.63) is 0 Å². The van der Waals surface area contributed by atoms with Gasteiger partial charge in [-0.05, 0) is 40.2 Å². The molecule has 94 valence electrons. The van der Waals surface area contributed by atoms with E-state index in [0.717, 1.165) is 19.5 Å². The van der Waals surface area contributed by atoms with Gasteiger partial charge in [0.1, 0.15) is 5.60 Å². The zero-order valence-corrected chi connectivity index (χ0v) is 11.0. The van der Waals surface area contributed by atoms with E-state index in [2.05, 4.69) is 12.2 Å². The highest BCUT2D eigenvalue weighted by molar-refractivity contribution is 5.68. The highest BCUT2D eigenvalue weighted by Gasteiger charge is 2.30. The summed E-state index contributed by atoms with van der Waals surface area (Å²) in [5.74, 6) is 0.478. The smallest absolute Gasteiger partial charge is 0.410 e. The number of nitrogens with one attached hydrogen (secondary N) is 1. The van der Waals surface area contributed by atoms with Crippen LogP contribution in [0.4, 0.5) is 4.79 Å². The molecule has 1 aliphatic heterocycles. The van der Waals surface area contributed by atoms with E-state index in [1.165, 1.54) is 0 Å². The van der Waals surface area contributed by atoms with E-state index in [9.17, 15) is 4.79 Å². The molecule has 0 aromatic carbocycles. The lowest BCUT2D eigenvalue weighted by molar-refractivity contribution is 0.0147. The summed E-state index contributed by atoms with van der Waals surface area (Å²) < 4.78 is 5.36. The maximum Gasteiger partial charge on any atom is 0.410 e. The monoisotopic (exact) mass is 228 g/mol. The third kappa shape index (κ3) is 3.67. The first kappa shape index (κ1) is 13.3. The molecule has 4 heteroatoms. The Morgan fingerprint density at radius 2 is 2.06 bits per heavy atom. The standard InChI is InChI=1S/C12H24N2O2/c1-9-8-14(7-6-10(9)13-5)11(15)16-12(2,3)4/h9-10,13H,6-8H2,1-5H3/t9-,10+/m0/s1. The first-order valence-corrected chi connectivity index (χ1v) is 5.98. The molecule has 1 heterocycles. The number of hydrogen-bond acceptors (Lipinski definition) is 3. The minimum atomic E-state index is -0.403. The molecule has 0 aromatic rings. The van der Waals surface area contributed by atoms with E-state index in [1.807, 2.05) is 32.7 Å². The van der Waals surface area contributed by atoms with Crippen LogP contribution in [0.5, 0.6) is 0 Å². The van der Waals surface area contributed by atoms with E-state index >= 15 is 0 Å². The van der Waals surface area contributed by atoms with Crippen molar-refractivity contribution >= 4 is 6.09 Å². The Kier molecular flexibility index (Phi) is 4.19. The summed E-state index contributed by atoms with van der Waals surface area (Å²) in [6.07, 6.45) is 0.811. The molecule has 2 atom stereocenters. The fourth-order valence-electron chi connectivity index (χ4n) is 2.07. The molecule has 1 N–H and O–H groups in total. The summed E-state index contributed by atoms with van der Waals surface area (Å²) >= 11 is 0. The number of carbonyl (C=O) groups is 1. The van der Waals surface area contributed by atoms with E-state index in [1.54, 1.807) is 0 Å². The van der Waals surface area contributed by atoms with Crippen LogP contribution in [0, 0.1) is 5.92 Å². The molecule has 0 aromatic heterocycles. The lowest BCUT2D eigenvalue weighted by Gasteiger charge is -2.37. The second-order valence-corrected chi connectivity index (χ2v) is 5.59. The van der Waals surface area contributed by atoms with Crippen LogP contribution in [0.2, 0.25) is 0 Å². The molecule has 0 spiro atoms. The van der Waals surface area contributed by atoms with Crippen LogP contribution in [-0.2, 0) is 4.74 Å². The quantitative estimate of drug-likeness (QED) is 0.744. The number of rotatable bonds is 1. The van der Waals surface area contributed by atoms with Gasteiger partial charge in [0.25, 0.3) is 0 Å². The van der Waals surface area contributed by atoms with Gasteiger partial charge in [0.05, 0.1) is 0 Å². The van der Waals surface area contributed by atoms with Gasteiger partial charge in [-0.15, -0.1) is 0 Å². The molecular formula is C12H24N2O2. The van der Waals surface area contributed by atoms with E-state index in [0.29, 0.717) is 12.0 Å². The maximum atomic E-state index is 11.8. The molecule has 1 fully saturated rings. The third-order valence-corrected chi connectivity index (χ3v) is 2.93. The number of nitrogens with zero attached hydrogens (tertiary/aromatic N) is 1. The topological polar surface area (TPSA) is 41.6 Å². The molecule has 1 rings (SSSR count). The fourth-order valence-corrected chi connectivity index (χ4v) is 2.07. The Morgan fingerprint density at radius 3 is 2.50 bits per heavy atom. The number of carbonyl (C=O) groups excluding carboxylic acids is 1. The number of amides is 1. The van der Waals surface area contributed by atoms with Crippen LogP contribution >= 0.6 is 0 Å². The zero-order valence-electron chi connectivity index (χ0n) is 11.0. The highest BCUT2D eigenvalue weighted by atomic mass is 16.6. The molecule has 0 saturated carbocycles. The van der Waals surface area contributed by atoms with Crippen molar-refractivity contribution in [1.29, 1.82) is 0 Å². The molecule has 0 unspecified atom stereocenters. The minimum absolute atomic E-state index is 0.186. The largest absolute Gasteiger partial charge is 0.444 e. The van der Waals surface area contributed by atoms with Crippen LogP contribution in [0.3, 0.4) is 0 Å². The van der Waals surface area contributed by atoms with Gasteiger partial charge in [0, 0.05) is 19.1 Å². The van der Waals surface area contributed by atoms with E-state index in [4.69, 9.17) is 4.74 Å². The van der Waals surface area contributed by atoms with Gasteiger partial charge in [-0.25, -0.2) is 4.79 Å². The molecule has 0 aliphatic carbocycles. The SMILES string of the molecule is CN[C@@H]1CCN(C(=O)OC(C)(C)C)C[C@@H]1C. The van der Waals surface area contributed by atoms with Gasteiger partial charge in [-0.2, -0.15) is 0 Å². The lowest BCUT2D eigenvalue weighted by Crippen LogP contribution is -2.50. The van der Waals surface area contributed by atoms with Gasteiger partial charge in [-0.3, -0.25) is 0 Å². The summed E-state index contributed by atoms with van der Waals surface area (Å²) in [6.45, 7) is 9.42. The summed E-state index contributed by atoms with van der Waals surface area (Å²) in [7, 11) is 1.98. The van der Waals surface area contributed by atoms with Crippen molar-refractivity contribution in [3.8, 4) is 0 Å². The summed E-state index contributed by atoms with van der Waals surface area (Å²) in [6, 6.07) is 0.513. The van der Waals surface area contributed by atoms with Crippen molar-refractivity contribution in [2.24, 2.45) is 5.92 Å². The second-order valence-electron chi connectivity index (χ2n) is 5.59. The molecule has 4 nitrogen and oxygen atoms in total. The van der Waals surface area contributed by atoms with Gasteiger partial charge in [-0.1, -0.05) is 6.92 Å². The first-order chi connectivity index (χ1) is 7.33. The number of hydrogen-bond donors (Lipinski definition) is 1. The van der Waals surface area contributed by atoms with Gasteiger partial charge < -0.3 is 15.0 Å². The van der Waals surface area contributed by atoms with Crippen LogP contribution in [-0.4, -0.2) is 42.8 Å².